The van der Waals surface area contributed by atoms with Gasteiger partial charge in [0.25, 0.3) is 5.91 Å². The van der Waals surface area contributed by atoms with Crippen LogP contribution in [0.3, 0.4) is 0 Å². The van der Waals surface area contributed by atoms with Crippen molar-refractivity contribution in [2.45, 2.75) is 13.8 Å². The van der Waals surface area contributed by atoms with Crippen LogP contribution in [0.1, 0.15) is 23.0 Å². The van der Waals surface area contributed by atoms with E-state index in [2.05, 4.69) is 34.1 Å². The zero-order valence-electron chi connectivity index (χ0n) is 15.5. The molecule has 1 aromatic heterocycles. The molecule has 0 unspecified atom stereocenters. The van der Waals surface area contributed by atoms with Crippen LogP contribution in [0.4, 0.5) is 0 Å². The van der Waals surface area contributed by atoms with Crippen LogP contribution in [0.25, 0.3) is 10.9 Å². The molecule has 134 valence electrons. The Morgan fingerprint density at radius 2 is 1.96 bits per heavy atom. The molecule has 3 rings (SSSR count). The van der Waals surface area contributed by atoms with Gasteiger partial charge in [0.2, 0.25) is 0 Å². The molecule has 1 N–H and O–H groups in total. The van der Waals surface area contributed by atoms with Gasteiger partial charge in [0.05, 0.1) is 11.1 Å². The van der Waals surface area contributed by atoms with Crippen LogP contribution in [0, 0.1) is 12.8 Å². The molecular weight excluding hydrogens is 312 g/mol. The van der Waals surface area contributed by atoms with Crippen LogP contribution in [-0.2, 0) is 0 Å². The van der Waals surface area contributed by atoms with Gasteiger partial charge in [-0.2, -0.15) is 0 Å². The third-order valence-electron chi connectivity index (χ3n) is 4.87. The van der Waals surface area contributed by atoms with Crippen LogP contribution in [0.2, 0.25) is 0 Å². The van der Waals surface area contributed by atoms with Crippen LogP contribution in [-0.4, -0.2) is 67.0 Å². The maximum atomic E-state index is 12.7. The molecule has 0 spiro atoms. The van der Waals surface area contributed by atoms with Crippen molar-refractivity contribution in [1.82, 2.24) is 20.1 Å². The average Bonchev–Trinajstić information content (AvgIpc) is 2.61. The Kier molecular flexibility index (Phi) is 5.66. The molecular formula is C20H28N4O. The standard InChI is InChI=1S/C20H28N4O/c1-15(14-24-10-8-23(3)9-11-24)13-21-20(25)18-12-16(2)22-19-7-5-4-6-17(18)19/h4-7,12,15H,8-11,13-14H2,1-3H3,(H,21,25)/t15-/m1/s1. The third kappa shape index (κ3) is 4.55. The second-order valence-corrected chi connectivity index (χ2v) is 7.25. The number of rotatable bonds is 5. The Morgan fingerprint density at radius 3 is 2.72 bits per heavy atom. The summed E-state index contributed by atoms with van der Waals surface area (Å²) in [5.41, 5.74) is 2.46. The average molecular weight is 340 g/mol. The van der Waals surface area contributed by atoms with Crippen molar-refractivity contribution in [1.29, 1.82) is 0 Å². The van der Waals surface area contributed by atoms with Crippen molar-refractivity contribution in [3.63, 3.8) is 0 Å². The molecule has 5 nitrogen and oxygen atoms in total. The summed E-state index contributed by atoms with van der Waals surface area (Å²) in [5, 5.41) is 4.03. The number of nitrogens with zero attached hydrogens (tertiary/aromatic N) is 3. The SMILES string of the molecule is Cc1cc(C(=O)NC[C@@H](C)CN2CCN(C)CC2)c2ccccc2n1. The van der Waals surface area contributed by atoms with E-state index >= 15 is 0 Å². The van der Waals surface area contributed by atoms with Gasteiger partial charge < -0.3 is 15.1 Å². The van der Waals surface area contributed by atoms with Crippen LogP contribution >= 0.6 is 0 Å². The lowest BCUT2D eigenvalue weighted by molar-refractivity contribution is 0.0939. The molecule has 0 radical (unpaired) electrons. The number of aromatic nitrogens is 1. The molecule has 5 heteroatoms. The summed E-state index contributed by atoms with van der Waals surface area (Å²) in [6, 6.07) is 9.70. The Labute approximate surface area is 150 Å². The molecule has 1 fully saturated rings. The van der Waals surface area contributed by atoms with Crippen LogP contribution < -0.4 is 5.32 Å². The molecule has 0 bridgehead atoms. The molecule has 2 aromatic rings. The van der Waals surface area contributed by atoms with Gasteiger partial charge in [-0.05, 0) is 32.0 Å². The van der Waals surface area contributed by atoms with Crippen molar-refractivity contribution < 1.29 is 4.79 Å². The molecule has 1 atom stereocenters. The van der Waals surface area contributed by atoms with E-state index in [-0.39, 0.29) is 5.91 Å². The number of carbonyl (C=O) groups is 1. The van der Waals surface area contributed by atoms with Gasteiger partial charge in [0, 0.05) is 50.3 Å². The lowest BCUT2D eigenvalue weighted by atomic mass is 10.1. The first kappa shape index (κ1) is 17.8. The normalized spacial score (nSPS) is 17.6. The summed E-state index contributed by atoms with van der Waals surface area (Å²) < 4.78 is 0. The van der Waals surface area contributed by atoms with Gasteiger partial charge in [-0.15, -0.1) is 0 Å². The summed E-state index contributed by atoms with van der Waals surface area (Å²) >= 11 is 0. The number of aryl methyl sites for hydroxylation is 1. The molecule has 25 heavy (non-hydrogen) atoms. The number of hydrogen-bond donors (Lipinski definition) is 1. The summed E-state index contributed by atoms with van der Waals surface area (Å²) in [6.07, 6.45) is 0. The first-order valence-electron chi connectivity index (χ1n) is 9.08. The first-order valence-corrected chi connectivity index (χ1v) is 9.08. The van der Waals surface area contributed by atoms with E-state index in [0.717, 1.165) is 54.9 Å². The zero-order chi connectivity index (χ0) is 17.8. The molecule has 1 aromatic carbocycles. The largest absolute Gasteiger partial charge is 0.352 e. The highest BCUT2D eigenvalue weighted by molar-refractivity contribution is 6.06. The molecule has 1 aliphatic rings. The lowest BCUT2D eigenvalue weighted by Crippen LogP contribution is -2.46. The lowest BCUT2D eigenvalue weighted by Gasteiger charge is -2.33. The number of hydrogen-bond acceptors (Lipinski definition) is 4. The monoisotopic (exact) mass is 340 g/mol. The van der Waals surface area contributed by atoms with Crippen LogP contribution in [0.15, 0.2) is 30.3 Å². The molecule has 2 heterocycles. The van der Waals surface area contributed by atoms with E-state index in [1.165, 1.54) is 0 Å². The number of piperazine rings is 1. The van der Waals surface area contributed by atoms with E-state index in [1.54, 1.807) is 0 Å². The van der Waals surface area contributed by atoms with Gasteiger partial charge in [0.15, 0.2) is 0 Å². The number of amides is 1. The number of likely N-dealkylation sites (N-methyl/N-ethyl adjacent to an activating group) is 1. The maximum Gasteiger partial charge on any atom is 0.252 e. The number of pyridine rings is 1. The van der Waals surface area contributed by atoms with Crippen molar-refractivity contribution in [2.24, 2.45) is 5.92 Å². The highest BCUT2D eigenvalue weighted by atomic mass is 16.1. The Balaban J connectivity index is 1.59. The number of para-hydroxylation sites is 1. The fourth-order valence-electron chi connectivity index (χ4n) is 3.39. The first-order chi connectivity index (χ1) is 12.0. The molecule has 1 amide bonds. The maximum absolute atomic E-state index is 12.7. The van der Waals surface area contributed by atoms with Crippen LogP contribution in [0.5, 0.6) is 0 Å². The van der Waals surface area contributed by atoms with Crippen molar-refractivity contribution in [3.05, 3.63) is 41.6 Å². The van der Waals surface area contributed by atoms with Gasteiger partial charge in [0.1, 0.15) is 0 Å². The van der Waals surface area contributed by atoms with Gasteiger partial charge in [-0.1, -0.05) is 25.1 Å². The molecule has 1 saturated heterocycles. The highest BCUT2D eigenvalue weighted by Gasteiger charge is 2.17. The minimum atomic E-state index is -0.00747. The Hall–Kier alpha value is -1.98. The van der Waals surface area contributed by atoms with E-state index in [1.807, 2.05) is 37.3 Å². The topological polar surface area (TPSA) is 48.5 Å². The van der Waals surface area contributed by atoms with E-state index in [0.29, 0.717) is 12.5 Å². The van der Waals surface area contributed by atoms with Crippen molar-refractivity contribution in [3.8, 4) is 0 Å². The third-order valence-corrected chi connectivity index (χ3v) is 4.87. The Morgan fingerprint density at radius 1 is 1.24 bits per heavy atom. The number of nitrogens with one attached hydrogen (secondary N) is 1. The number of fused-ring (bicyclic) bond motifs is 1. The summed E-state index contributed by atoms with van der Waals surface area (Å²) in [6.45, 7) is 10.3. The Bertz CT molecular complexity index is 738. The minimum Gasteiger partial charge on any atom is -0.352 e. The van der Waals surface area contributed by atoms with Gasteiger partial charge in [-0.3, -0.25) is 9.78 Å². The highest BCUT2D eigenvalue weighted by Crippen LogP contribution is 2.18. The fraction of sp³-hybridized carbons (Fsp3) is 0.500. The van der Waals surface area contributed by atoms with Crippen molar-refractivity contribution >= 4 is 16.8 Å². The predicted octanol–water partition coefficient (Wildman–Crippen LogP) is 2.16. The second kappa shape index (κ2) is 7.93. The summed E-state index contributed by atoms with van der Waals surface area (Å²) in [5.74, 6) is 0.425. The molecule has 1 aliphatic heterocycles. The smallest absolute Gasteiger partial charge is 0.252 e. The van der Waals surface area contributed by atoms with Gasteiger partial charge in [-0.25, -0.2) is 0 Å². The zero-order valence-corrected chi connectivity index (χ0v) is 15.5. The summed E-state index contributed by atoms with van der Waals surface area (Å²) in [7, 11) is 2.17. The second-order valence-electron chi connectivity index (χ2n) is 7.25. The quantitative estimate of drug-likeness (QED) is 0.906. The fourth-order valence-corrected chi connectivity index (χ4v) is 3.39. The van der Waals surface area contributed by atoms with Gasteiger partial charge >= 0.3 is 0 Å². The predicted molar refractivity (Wildman–Crippen MR) is 102 cm³/mol. The summed E-state index contributed by atoms with van der Waals surface area (Å²) in [4.78, 5) is 22.0. The number of carbonyl (C=O) groups excluding carboxylic acids is 1. The van der Waals surface area contributed by atoms with Crippen molar-refractivity contribution in [2.75, 3.05) is 46.3 Å². The minimum absolute atomic E-state index is 0.00747. The van der Waals surface area contributed by atoms with E-state index in [4.69, 9.17) is 0 Å². The molecule has 0 saturated carbocycles. The number of benzene rings is 1. The molecule has 0 aliphatic carbocycles. The van der Waals surface area contributed by atoms with E-state index in [9.17, 15) is 4.79 Å². The van der Waals surface area contributed by atoms with E-state index < -0.39 is 0 Å².